The minimum Gasteiger partial charge on any atom is -0.323 e. The second-order valence-corrected chi connectivity index (χ2v) is 5.65. The third kappa shape index (κ3) is 2.99. The second kappa shape index (κ2) is 5.63. The molecule has 1 heterocycles. The van der Waals surface area contributed by atoms with Crippen LogP contribution in [0.4, 0.5) is 5.69 Å². The number of carbonyl (C=O) groups is 1. The van der Waals surface area contributed by atoms with E-state index in [9.17, 15) is 4.79 Å². The Morgan fingerprint density at radius 2 is 1.90 bits per heavy atom. The van der Waals surface area contributed by atoms with Crippen molar-refractivity contribution in [3.63, 3.8) is 0 Å². The van der Waals surface area contributed by atoms with E-state index >= 15 is 0 Å². The number of nitrogens with zero attached hydrogens (tertiary/aromatic N) is 1. The minimum atomic E-state index is -0.645. The summed E-state index contributed by atoms with van der Waals surface area (Å²) in [7, 11) is 0. The van der Waals surface area contributed by atoms with Crippen LogP contribution in [0.25, 0.3) is 0 Å². The molecule has 1 aromatic heterocycles. The van der Waals surface area contributed by atoms with Gasteiger partial charge in [-0.25, -0.2) is 4.98 Å². The molecular formula is C16H17ClN2O. The molecule has 0 aliphatic heterocycles. The molecule has 0 atom stereocenters. The van der Waals surface area contributed by atoms with Crippen LogP contribution in [-0.2, 0) is 10.2 Å². The van der Waals surface area contributed by atoms with Crippen molar-refractivity contribution >= 4 is 23.2 Å². The van der Waals surface area contributed by atoms with Gasteiger partial charge in [-0.3, -0.25) is 4.79 Å². The van der Waals surface area contributed by atoms with Crippen molar-refractivity contribution in [3.8, 4) is 0 Å². The van der Waals surface area contributed by atoms with E-state index in [1.54, 1.807) is 6.20 Å². The zero-order chi connectivity index (χ0) is 14.8. The first-order chi connectivity index (χ1) is 9.41. The number of anilines is 1. The molecule has 2 rings (SSSR count). The lowest BCUT2D eigenvalue weighted by atomic mass is 9.83. The molecule has 0 spiro atoms. The molecule has 3 nitrogen and oxygen atoms in total. The van der Waals surface area contributed by atoms with Crippen molar-refractivity contribution in [1.29, 1.82) is 0 Å². The number of nitrogens with one attached hydrogen (secondary N) is 1. The van der Waals surface area contributed by atoms with Gasteiger partial charge in [0, 0.05) is 6.20 Å². The number of pyridine rings is 1. The van der Waals surface area contributed by atoms with Crippen LogP contribution >= 0.6 is 11.6 Å². The first-order valence-corrected chi connectivity index (χ1v) is 6.78. The zero-order valence-corrected chi connectivity index (χ0v) is 12.5. The van der Waals surface area contributed by atoms with E-state index in [1.165, 1.54) is 0 Å². The molecule has 1 amide bonds. The second-order valence-electron chi connectivity index (χ2n) is 5.30. The fourth-order valence-corrected chi connectivity index (χ4v) is 2.06. The van der Waals surface area contributed by atoms with Crippen LogP contribution in [-0.4, -0.2) is 10.9 Å². The summed E-state index contributed by atoms with van der Waals surface area (Å²) < 4.78 is 0. The molecule has 0 radical (unpaired) electrons. The summed E-state index contributed by atoms with van der Waals surface area (Å²) in [5.41, 5.74) is 1.80. The molecule has 0 aliphatic carbocycles. The quantitative estimate of drug-likeness (QED) is 0.869. The summed E-state index contributed by atoms with van der Waals surface area (Å²) in [5.74, 6) is -0.113. The van der Waals surface area contributed by atoms with Crippen molar-refractivity contribution in [2.75, 3.05) is 5.32 Å². The number of amides is 1. The van der Waals surface area contributed by atoms with E-state index in [2.05, 4.69) is 10.3 Å². The van der Waals surface area contributed by atoms with Gasteiger partial charge in [-0.05, 0) is 38.0 Å². The van der Waals surface area contributed by atoms with Gasteiger partial charge in [-0.1, -0.05) is 41.9 Å². The molecule has 0 unspecified atom stereocenters. The number of halogens is 1. The van der Waals surface area contributed by atoms with Gasteiger partial charge in [0.05, 0.1) is 11.1 Å². The lowest BCUT2D eigenvalue weighted by molar-refractivity contribution is -0.120. The minimum absolute atomic E-state index is 0.113. The molecular weight excluding hydrogens is 272 g/mol. The maximum absolute atomic E-state index is 12.5. The Balaban J connectivity index is 2.26. The summed E-state index contributed by atoms with van der Waals surface area (Å²) in [6.07, 6.45) is 1.67. The van der Waals surface area contributed by atoms with E-state index in [4.69, 9.17) is 11.6 Å². The number of carbonyl (C=O) groups excluding carboxylic acids is 1. The van der Waals surface area contributed by atoms with E-state index in [1.807, 2.05) is 57.2 Å². The number of hydrogen-bond acceptors (Lipinski definition) is 2. The van der Waals surface area contributed by atoms with E-state index in [0.29, 0.717) is 10.8 Å². The number of benzene rings is 1. The maximum atomic E-state index is 12.5. The lowest BCUT2D eigenvalue weighted by Gasteiger charge is -2.24. The number of hydrogen-bond donors (Lipinski definition) is 1. The Kier molecular flexibility index (Phi) is 4.09. The lowest BCUT2D eigenvalue weighted by Crippen LogP contribution is -2.34. The fourth-order valence-electron chi connectivity index (χ4n) is 1.90. The molecule has 0 saturated heterocycles. The van der Waals surface area contributed by atoms with Crippen LogP contribution in [0.15, 0.2) is 42.6 Å². The van der Waals surface area contributed by atoms with Crippen LogP contribution in [0.2, 0.25) is 5.15 Å². The first-order valence-electron chi connectivity index (χ1n) is 6.40. The normalized spacial score (nSPS) is 11.2. The Morgan fingerprint density at radius 1 is 1.25 bits per heavy atom. The predicted octanol–water partition coefficient (Wildman–Crippen LogP) is 3.96. The van der Waals surface area contributed by atoms with Gasteiger partial charge >= 0.3 is 0 Å². The third-order valence-electron chi connectivity index (χ3n) is 3.29. The summed E-state index contributed by atoms with van der Waals surface area (Å²) >= 11 is 6.01. The van der Waals surface area contributed by atoms with E-state index < -0.39 is 5.41 Å². The summed E-state index contributed by atoms with van der Waals surface area (Å²) in [6.45, 7) is 5.67. The van der Waals surface area contributed by atoms with Crippen molar-refractivity contribution < 1.29 is 4.79 Å². The average Bonchev–Trinajstić information content (AvgIpc) is 2.43. The molecule has 0 aliphatic rings. The number of rotatable bonds is 3. The summed E-state index contributed by atoms with van der Waals surface area (Å²) in [6, 6.07) is 11.5. The molecule has 0 saturated carbocycles. The number of aryl methyl sites for hydroxylation is 1. The maximum Gasteiger partial charge on any atom is 0.234 e. The molecule has 0 fully saturated rings. The van der Waals surface area contributed by atoms with Gasteiger partial charge in [0.2, 0.25) is 5.91 Å². The standard InChI is InChI=1S/C16H17ClN2O/c1-11-9-13(14(17)18-10-11)19-15(20)16(2,3)12-7-5-4-6-8-12/h4-10H,1-3H3,(H,19,20). The molecule has 104 valence electrons. The van der Waals surface area contributed by atoms with Crippen LogP contribution in [0.1, 0.15) is 25.0 Å². The van der Waals surface area contributed by atoms with Gasteiger partial charge in [0.25, 0.3) is 0 Å². The summed E-state index contributed by atoms with van der Waals surface area (Å²) in [4.78, 5) is 16.5. The third-order valence-corrected chi connectivity index (χ3v) is 3.59. The molecule has 1 N–H and O–H groups in total. The zero-order valence-electron chi connectivity index (χ0n) is 11.8. The Labute approximate surface area is 124 Å². The molecule has 1 aromatic carbocycles. The highest BCUT2D eigenvalue weighted by atomic mass is 35.5. The highest BCUT2D eigenvalue weighted by molar-refractivity contribution is 6.32. The summed E-state index contributed by atoms with van der Waals surface area (Å²) in [5, 5.41) is 3.16. The topological polar surface area (TPSA) is 42.0 Å². The van der Waals surface area contributed by atoms with Crippen molar-refractivity contribution in [2.45, 2.75) is 26.2 Å². The average molecular weight is 289 g/mol. The van der Waals surface area contributed by atoms with Gasteiger partial charge in [0.15, 0.2) is 5.15 Å². The Hall–Kier alpha value is -1.87. The monoisotopic (exact) mass is 288 g/mol. The highest BCUT2D eigenvalue weighted by Crippen LogP contribution is 2.27. The van der Waals surface area contributed by atoms with Crippen molar-refractivity contribution in [1.82, 2.24) is 4.98 Å². The molecule has 0 bridgehead atoms. The van der Waals surface area contributed by atoms with Crippen LogP contribution in [0, 0.1) is 6.92 Å². The molecule has 2 aromatic rings. The SMILES string of the molecule is Cc1cnc(Cl)c(NC(=O)C(C)(C)c2ccccc2)c1. The molecule has 20 heavy (non-hydrogen) atoms. The fraction of sp³-hybridized carbons (Fsp3) is 0.250. The molecule has 4 heteroatoms. The smallest absolute Gasteiger partial charge is 0.234 e. The Bertz CT molecular complexity index is 624. The van der Waals surface area contributed by atoms with Gasteiger partial charge in [-0.2, -0.15) is 0 Å². The van der Waals surface area contributed by atoms with Crippen LogP contribution in [0.3, 0.4) is 0 Å². The van der Waals surface area contributed by atoms with Crippen molar-refractivity contribution in [3.05, 3.63) is 58.9 Å². The van der Waals surface area contributed by atoms with E-state index in [-0.39, 0.29) is 5.91 Å². The van der Waals surface area contributed by atoms with Crippen molar-refractivity contribution in [2.24, 2.45) is 0 Å². The van der Waals surface area contributed by atoms with Gasteiger partial charge < -0.3 is 5.32 Å². The highest BCUT2D eigenvalue weighted by Gasteiger charge is 2.30. The number of aromatic nitrogens is 1. The predicted molar refractivity (Wildman–Crippen MR) is 82.1 cm³/mol. The Morgan fingerprint density at radius 3 is 2.55 bits per heavy atom. The first kappa shape index (κ1) is 14.5. The van der Waals surface area contributed by atoms with E-state index in [0.717, 1.165) is 11.1 Å². The van der Waals surface area contributed by atoms with Gasteiger partial charge in [0.1, 0.15) is 0 Å². The van der Waals surface area contributed by atoms with Crippen LogP contribution in [0.5, 0.6) is 0 Å². The van der Waals surface area contributed by atoms with Gasteiger partial charge in [-0.15, -0.1) is 0 Å². The van der Waals surface area contributed by atoms with Crippen LogP contribution < -0.4 is 5.32 Å². The largest absolute Gasteiger partial charge is 0.323 e.